The van der Waals surface area contributed by atoms with E-state index in [0.717, 1.165) is 41.7 Å². The molecule has 0 spiro atoms. The monoisotopic (exact) mass is 329 g/mol. The maximum Gasteiger partial charge on any atom is 0.261 e. The Hall–Kier alpha value is -1.42. The molecule has 1 aromatic heterocycles. The molecule has 4 fully saturated rings. The number of amides is 1. The molecule has 4 aliphatic carbocycles. The van der Waals surface area contributed by atoms with E-state index >= 15 is 0 Å². The number of thiophene rings is 1. The smallest absolute Gasteiger partial charge is 0.261 e. The molecule has 0 unspecified atom stereocenters. The Kier molecular flexibility index (Phi) is 2.91. The maximum atomic E-state index is 13.9. The molecule has 120 valence electrons. The summed E-state index contributed by atoms with van der Waals surface area (Å²) >= 11 is 1.40. The van der Waals surface area contributed by atoms with Crippen molar-refractivity contribution >= 4 is 27.3 Å². The Morgan fingerprint density at radius 1 is 1.13 bits per heavy atom. The molecule has 0 saturated heterocycles. The van der Waals surface area contributed by atoms with E-state index in [1.165, 1.54) is 36.7 Å². The van der Waals surface area contributed by atoms with E-state index in [9.17, 15) is 9.18 Å². The zero-order valence-electron chi connectivity index (χ0n) is 13.0. The van der Waals surface area contributed by atoms with Gasteiger partial charge in [-0.25, -0.2) is 4.39 Å². The molecule has 1 amide bonds. The highest BCUT2D eigenvalue weighted by molar-refractivity contribution is 7.20. The lowest BCUT2D eigenvalue weighted by Crippen LogP contribution is -2.59. The molecular weight excluding hydrogens is 309 g/mol. The van der Waals surface area contributed by atoms with Crippen molar-refractivity contribution in [1.29, 1.82) is 0 Å². The molecular formula is C19H20FNOS. The number of fused-ring (bicyclic) bond motifs is 1. The first kappa shape index (κ1) is 14.0. The molecule has 1 N–H and O–H groups in total. The van der Waals surface area contributed by atoms with Crippen LogP contribution in [0.15, 0.2) is 24.3 Å². The first-order chi connectivity index (χ1) is 11.1. The molecule has 4 aliphatic rings. The molecule has 6 rings (SSSR count). The molecule has 1 heterocycles. The van der Waals surface area contributed by atoms with Crippen LogP contribution in [0.2, 0.25) is 0 Å². The standard InChI is InChI=1S/C19H20FNOS/c20-15-2-1-3-16-14(15)7-17(23-16)18(22)21-19-8-11-4-12(9-19)6-13(5-11)10-19/h1-3,7,11-13H,4-6,8-10H2,(H,21,22). The van der Waals surface area contributed by atoms with Gasteiger partial charge >= 0.3 is 0 Å². The van der Waals surface area contributed by atoms with E-state index in [4.69, 9.17) is 0 Å². The molecule has 1 aromatic carbocycles. The van der Waals surface area contributed by atoms with Gasteiger partial charge in [-0.2, -0.15) is 0 Å². The van der Waals surface area contributed by atoms with Crippen molar-refractivity contribution in [2.45, 2.75) is 44.1 Å². The van der Waals surface area contributed by atoms with Crippen molar-refractivity contribution in [2.75, 3.05) is 0 Å². The fourth-order valence-electron chi connectivity index (χ4n) is 5.70. The van der Waals surface area contributed by atoms with Gasteiger partial charge in [0, 0.05) is 15.6 Å². The quantitative estimate of drug-likeness (QED) is 0.847. The molecule has 4 saturated carbocycles. The van der Waals surface area contributed by atoms with Gasteiger partial charge in [0.15, 0.2) is 0 Å². The predicted octanol–water partition coefficient (Wildman–Crippen LogP) is 4.74. The summed E-state index contributed by atoms with van der Waals surface area (Å²) in [5, 5.41) is 3.93. The van der Waals surface area contributed by atoms with E-state index in [1.807, 2.05) is 6.07 Å². The minimum Gasteiger partial charge on any atom is -0.346 e. The number of carbonyl (C=O) groups is 1. The molecule has 0 radical (unpaired) electrons. The van der Waals surface area contributed by atoms with Crippen molar-refractivity contribution in [3.8, 4) is 0 Å². The summed E-state index contributed by atoms with van der Waals surface area (Å²) in [7, 11) is 0. The van der Waals surface area contributed by atoms with Crippen LogP contribution in [0, 0.1) is 23.6 Å². The summed E-state index contributed by atoms with van der Waals surface area (Å²) in [5.41, 5.74) is 0.0144. The lowest BCUT2D eigenvalue weighted by atomic mass is 9.53. The normalized spacial score (nSPS) is 34.9. The fraction of sp³-hybridized carbons (Fsp3) is 0.526. The Balaban J connectivity index is 1.43. The zero-order chi connectivity index (χ0) is 15.6. The van der Waals surface area contributed by atoms with Crippen LogP contribution < -0.4 is 5.32 Å². The predicted molar refractivity (Wildman–Crippen MR) is 90.2 cm³/mol. The van der Waals surface area contributed by atoms with Crippen LogP contribution in [-0.4, -0.2) is 11.4 Å². The van der Waals surface area contributed by atoms with Crippen molar-refractivity contribution < 1.29 is 9.18 Å². The summed E-state index contributed by atoms with van der Waals surface area (Å²) in [4.78, 5) is 13.4. The van der Waals surface area contributed by atoms with Gasteiger partial charge in [0.1, 0.15) is 5.82 Å². The van der Waals surface area contributed by atoms with Crippen molar-refractivity contribution in [3.05, 3.63) is 35.0 Å². The largest absolute Gasteiger partial charge is 0.346 e. The van der Waals surface area contributed by atoms with Crippen LogP contribution >= 0.6 is 11.3 Å². The van der Waals surface area contributed by atoms with Gasteiger partial charge in [-0.1, -0.05) is 6.07 Å². The Morgan fingerprint density at radius 2 is 1.78 bits per heavy atom. The number of rotatable bonds is 2. The molecule has 2 aromatic rings. The first-order valence-electron chi connectivity index (χ1n) is 8.61. The topological polar surface area (TPSA) is 29.1 Å². The van der Waals surface area contributed by atoms with Crippen LogP contribution in [0.3, 0.4) is 0 Å². The zero-order valence-corrected chi connectivity index (χ0v) is 13.8. The average Bonchev–Trinajstić information content (AvgIpc) is 2.91. The lowest BCUT2D eigenvalue weighted by Gasteiger charge is -2.56. The highest BCUT2D eigenvalue weighted by Gasteiger charge is 2.51. The second kappa shape index (κ2) is 4.79. The van der Waals surface area contributed by atoms with Gasteiger partial charge in [-0.3, -0.25) is 4.79 Å². The number of hydrogen-bond donors (Lipinski definition) is 1. The van der Waals surface area contributed by atoms with Crippen LogP contribution in [0.5, 0.6) is 0 Å². The number of nitrogens with one attached hydrogen (secondary N) is 1. The highest BCUT2D eigenvalue weighted by atomic mass is 32.1. The third-order valence-corrected chi connectivity index (χ3v) is 7.25. The van der Waals surface area contributed by atoms with E-state index in [0.29, 0.717) is 10.3 Å². The second-order valence-electron chi connectivity index (χ2n) is 7.91. The summed E-state index contributed by atoms with van der Waals surface area (Å²) in [6.07, 6.45) is 7.52. The Labute approximate surface area is 139 Å². The first-order valence-corrected chi connectivity index (χ1v) is 9.42. The number of hydrogen-bond acceptors (Lipinski definition) is 2. The number of halogens is 1. The Morgan fingerprint density at radius 3 is 2.39 bits per heavy atom. The van der Waals surface area contributed by atoms with Crippen molar-refractivity contribution in [1.82, 2.24) is 5.32 Å². The average molecular weight is 329 g/mol. The lowest BCUT2D eigenvalue weighted by molar-refractivity contribution is -0.0166. The summed E-state index contributed by atoms with van der Waals surface area (Å²) in [5.74, 6) is 2.17. The van der Waals surface area contributed by atoms with Gasteiger partial charge in [-0.05, 0) is 74.5 Å². The van der Waals surface area contributed by atoms with Crippen molar-refractivity contribution in [3.63, 3.8) is 0 Å². The highest BCUT2D eigenvalue weighted by Crippen LogP contribution is 2.55. The molecule has 23 heavy (non-hydrogen) atoms. The van der Waals surface area contributed by atoms with Crippen LogP contribution in [0.25, 0.3) is 10.1 Å². The third-order valence-electron chi connectivity index (χ3n) is 6.15. The van der Waals surface area contributed by atoms with Crippen LogP contribution in [0.4, 0.5) is 4.39 Å². The van der Waals surface area contributed by atoms with E-state index in [1.54, 1.807) is 12.1 Å². The number of carbonyl (C=O) groups excluding carboxylic acids is 1. The number of benzene rings is 1. The molecule has 4 bridgehead atoms. The SMILES string of the molecule is O=C(NC12CC3CC(CC(C3)C1)C2)c1cc2c(F)cccc2s1. The van der Waals surface area contributed by atoms with E-state index < -0.39 is 0 Å². The third kappa shape index (κ3) is 2.22. The van der Waals surface area contributed by atoms with Gasteiger partial charge in [-0.15, -0.1) is 11.3 Å². The van der Waals surface area contributed by atoms with Crippen LogP contribution in [-0.2, 0) is 0 Å². The summed E-state index contributed by atoms with van der Waals surface area (Å²) in [6, 6.07) is 6.75. The van der Waals surface area contributed by atoms with E-state index in [2.05, 4.69) is 5.32 Å². The summed E-state index contributed by atoms with van der Waals surface area (Å²) in [6.45, 7) is 0. The molecule has 0 aliphatic heterocycles. The second-order valence-corrected chi connectivity index (χ2v) is 9.00. The molecule has 0 atom stereocenters. The minimum absolute atomic E-state index is 0.00690. The summed E-state index contributed by atoms with van der Waals surface area (Å²) < 4.78 is 14.7. The van der Waals surface area contributed by atoms with Gasteiger partial charge in [0.2, 0.25) is 0 Å². The van der Waals surface area contributed by atoms with Crippen LogP contribution in [0.1, 0.15) is 48.2 Å². The minimum atomic E-state index is -0.243. The fourth-order valence-corrected chi connectivity index (χ4v) is 6.67. The van der Waals surface area contributed by atoms with E-state index in [-0.39, 0.29) is 17.3 Å². The van der Waals surface area contributed by atoms with Gasteiger partial charge in [0.05, 0.1) is 4.88 Å². The van der Waals surface area contributed by atoms with Crippen molar-refractivity contribution in [2.24, 2.45) is 17.8 Å². The Bertz CT molecular complexity index is 760. The van der Waals surface area contributed by atoms with Gasteiger partial charge in [0.25, 0.3) is 5.91 Å². The molecule has 4 heteroatoms. The van der Waals surface area contributed by atoms with Gasteiger partial charge < -0.3 is 5.32 Å². The molecule has 2 nitrogen and oxygen atoms in total. The maximum absolute atomic E-state index is 13.9.